The number of nitrogens with one attached hydrogen (secondary N) is 1. The fourth-order valence-electron chi connectivity index (χ4n) is 5.00. The molecule has 2 amide bonds. The molecule has 1 N–H and O–H groups in total. The SMILES string of the molecule is CCNC(=O)C(Cc1ccccc1)N(Cc1ccccc1Cl)C(=O)CN(c1cc(OC)ccc1OC)S(=O)(=O)c1ccc(C)cc1. The Kier molecular flexibility index (Phi) is 11.7. The van der Waals surface area contributed by atoms with E-state index in [1.807, 2.05) is 37.3 Å². The Balaban J connectivity index is 1.87. The summed E-state index contributed by atoms with van der Waals surface area (Å²) in [7, 11) is -1.45. The van der Waals surface area contributed by atoms with E-state index < -0.39 is 28.5 Å². The molecule has 0 aliphatic carbocycles. The maximum Gasteiger partial charge on any atom is 0.264 e. The highest BCUT2D eigenvalue weighted by Gasteiger charge is 2.36. The zero-order valence-corrected chi connectivity index (χ0v) is 27.8. The second-order valence-electron chi connectivity index (χ2n) is 10.6. The molecule has 0 saturated carbocycles. The van der Waals surface area contributed by atoms with E-state index in [0.717, 1.165) is 15.4 Å². The van der Waals surface area contributed by atoms with Crippen LogP contribution in [0.25, 0.3) is 0 Å². The molecule has 242 valence electrons. The monoisotopic (exact) mass is 663 g/mol. The number of sulfonamides is 1. The molecule has 0 heterocycles. The first kappa shape index (κ1) is 34.3. The number of rotatable bonds is 14. The molecule has 0 spiro atoms. The lowest BCUT2D eigenvalue weighted by Crippen LogP contribution is -2.53. The minimum atomic E-state index is -4.33. The summed E-state index contributed by atoms with van der Waals surface area (Å²) in [6.45, 7) is 3.30. The number of nitrogens with zero attached hydrogens (tertiary/aromatic N) is 2. The number of aryl methyl sites for hydroxylation is 1. The van der Waals surface area contributed by atoms with Crippen molar-refractivity contribution in [3.05, 3.63) is 119 Å². The first-order valence-electron chi connectivity index (χ1n) is 14.7. The summed E-state index contributed by atoms with van der Waals surface area (Å²) in [5.41, 5.74) is 2.41. The third kappa shape index (κ3) is 8.18. The standard InChI is InChI=1S/C35H38ClN3O6S/c1-5-37-35(41)32(21-26-11-7-6-8-12-26)38(23-27-13-9-10-14-30(27)36)34(40)24-39(31-22-28(44-3)17-20-33(31)45-4)46(42,43)29-18-15-25(2)16-19-29/h6-20,22,32H,5,21,23-24H2,1-4H3,(H,37,41). The Morgan fingerprint density at radius 1 is 0.891 bits per heavy atom. The van der Waals surface area contributed by atoms with Gasteiger partial charge in [-0.3, -0.25) is 13.9 Å². The maximum absolute atomic E-state index is 14.6. The molecule has 0 aromatic heterocycles. The first-order valence-corrected chi connectivity index (χ1v) is 16.6. The van der Waals surface area contributed by atoms with E-state index in [1.165, 1.54) is 37.3 Å². The molecule has 4 aromatic carbocycles. The van der Waals surface area contributed by atoms with Gasteiger partial charge in [-0.1, -0.05) is 77.8 Å². The Morgan fingerprint density at radius 2 is 1.57 bits per heavy atom. The highest BCUT2D eigenvalue weighted by atomic mass is 35.5. The maximum atomic E-state index is 14.6. The number of carbonyl (C=O) groups excluding carboxylic acids is 2. The summed E-state index contributed by atoms with van der Waals surface area (Å²) in [5.74, 6) is -0.414. The van der Waals surface area contributed by atoms with Gasteiger partial charge in [-0.15, -0.1) is 0 Å². The fourth-order valence-corrected chi connectivity index (χ4v) is 6.61. The smallest absolute Gasteiger partial charge is 0.264 e. The summed E-state index contributed by atoms with van der Waals surface area (Å²) in [6, 6.07) is 26.4. The Hall–Kier alpha value is -4.54. The van der Waals surface area contributed by atoms with Crippen LogP contribution in [0.5, 0.6) is 11.5 Å². The van der Waals surface area contributed by atoms with E-state index in [2.05, 4.69) is 5.32 Å². The lowest BCUT2D eigenvalue weighted by atomic mass is 10.0. The zero-order chi connectivity index (χ0) is 33.3. The molecular weight excluding hydrogens is 626 g/mol. The van der Waals surface area contributed by atoms with Crippen LogP contribution in [0, 0.1) is 6.92 Å². The van der Waals surface area contributed by atoms with Crippen LogP contribution in [0.4, 0.5) is 5.69 Å². The quantitative estimate of drug-likeness (QED) is 0.187. The van der Waals surface area contributed by atoms with E-state index in [-0.39, 0.29) is 35.2 Å². The number of methoxy groups -OCH3 is 2. The van der Waals surface area contributed by atoms with Crippen molar-refractivity contribution in [1.29, 1.82) is 0 Å². The van der Waals surface area contributed by atoms with Crippen molar-refractivity contribution in [1.82, 2.24) is 10.2 Å². The lowest BCUT2D eigenvalue weighted by Gasteiger charge is -2.34. The molecule has 1 atom stereocenters. The molecule has 0 saturated heterocycles. The predicted octanol–water partition coefficient (Wildman–Crippen LogP) is 5.64. The van der Waals surface area contributed by atoms with Crippen molar-refractivity contribution in [2.45, 2.75) is 37.8 Å². The van der Waals surface area contributed by atoms with Gasteiger partial charge >= 0.3 is 0 Å². The molecule has 4 rings (SSSR count). The van der Waals surface area contributed by atoms with Crippen LogP contribution in [-0.2, 0) is 32.6 Å². The summed E-state index contributed by atoms with van der Waals surface area (Å²) >= 11 is 6.54. The Labute approximate surface area is 275 Å². The second kappa shape index (κ2) is 15.6. The minimum absolute atomic E-state index is 0.0158. The number of halogens is 1. The molecule has 11 heteroatoms. The van der Waals surface area contributed by atoms with Crippen LogP contribution in [-0.4, -0.2) is 58.5 Å². The van der Waals surface area contributed by atoms with Crippen LogP contribution < -0.4 is 19.1 Å². The minimum Gasteiger partial charge on any atom is -0.497 e. The van der Waals surface area contributed by atoms with Crippen molar-refractivity contribution >= 4 is 39.1 Å². The second-order valence-corrected chi connectivity index (χ2v) is 12.8. The highest BCUT2D eigenvalue weighted by molar-refractivity contribution is 7.92. The van der Waals surface area contributed by atoms with Gasteiger partial charge in [-0.25, -0.2) is 8.42 Å². The number of carbonyl (C=O) groups is 2. The van der Waals surface area contributed by atoms with Gasteiger partial charge in [0.15, 0.2) is 0 Å². The van der Waals surface area contributed by atoms with Crippen molar-refractivity contribution in [3.63, 3.8) is 0 Å². The van der Waals surface area contributed by atoms with Gasteiger partial charge in [-0.05, 0) is 55.3 Å². The highest BCUT2D eigenvalue weighted by Crippen LogP contribution is 2.36. The Bertz CT molecular complexity index is 1750. The number of hydrogen-bond acceptors (Lipinski definition) is 6. The summed E-state index contributed by atoms with van der Waals surface area (Å²) in [4.78, 5) is 29.6. The number of anilines is 1. The van der Waals surface area contributed by atoms with Gasteiger partial charge in [-0.2, -0.15) is 0 Å². The summed E-state index contributed by atoms with van der Waals surface area (Å²) < 4.78 is 40.6. The summed E-state index contributed by atoms with van der Waals surface area (Å²) in [6.07, 6.45) is 0.191. The van der Waals surface area contributed by atoms with E-state index in [9.17, 15) is 18.0 Å². The number of likely N-dealkylation sites (N-methyl/N-ethyl adjacent to an activating group) is 1. The largest absolute Gasteiger partial charge is 0.497 e. The van der Waals surface area contributed by atoms with Gasteiger partial charge in [0, 0.05) is 30.6 Å². The molecule has 46 heavy (non-hydrogen) atoms. The first-order chi connectivity index (χ1) is 22.1. The normalized spacial score (nSPS) is 11.8. The predicted molar refractivity (Wildman–Crippen MR) is 180 cm³/mol. The molecule has 4 aromatic rings. The summed E-state index contributed by atoms with van der Waals surface area (Å²) in [5, 5.41) is 3.26. The average Bonchev–Trinajstić information content (AvgIpc) is 3.06. The third-order valence-electron chi connectivity index (χ3n) is 7.46. The van der Waals surface area contributed by atoms with Crippen LogP contribution >= 0.6 is 11.6 Å². The molecule has 0 radical (unpaired) electrons. The van der Waals surface area contributed by atoms with Crippen LogP contribution in [0.2, 0.25) is 5.02 Å². The molecule has 0 aliphatic heterocycles. The zero-order valence-electron chi connectivity index (χ0n) is 26.3. The average molecular weight is 664 g/mol. The lowest BCUT2D eigenvalue weighted by molar-refractivity contribution is -0.140. The number of benzene rings is 4. The van der Waals surface area contributed by atoms with E-state index in [4.69, 9.17) is 21.1 Å². The van der Waals surface area contributed by atoms with E-state index >= 15 is 0 Å². The molecular formula is C35H38ClN3O6S. The van der Waals surface area contributed by atoms with Gasteiger partial charge in [0.05, 0.1) is 24.8 Å². The van der Waals surface area contributed by atoms with Crippen molar-refractivity contribution in [3.8, 4) is 11.5 Å². The van der Waals surface area contributed by atoms with Crippen molar-refractivity contribution in [2.24, 2.45) is 0 Å². The van der Waals surface area contributed by atoms with Crippen LogP contribution in [0.3, 0.4) is 0 Å². The number of hydrogen-bond donors (Lipinski definition) is 1. The molecule has 9 nitrogen and oxygen atoms in total. The topological polar surface area (TPSA) is 105 Å². The van der Waals surface area contributed by atoms with Gasteiger partial charge < -0.3 is 19.7 Å². The van der Waals surface area contributed by atoms with Crippen LogP contribution in [0.15, 0.2) is 102 Å². The third-order valence-corrected chi connectivity index (χ3v) is 9.61. The molecule has 0 aliphatic rings. The number of ether oxygens (including phenoxy) is 2. The van der Waals surface area contributed by atoms with E-state index in [1.54, 1.807) is 55.5 Å². The molecule has 1 unspecified atom stereocenters. The van der Waals surface area contributed by atoms with Crippen LogP contribution in [0.1, 0.15) is 23.6 Å². The van der Waals surface area contributed by atoms with E-state index in [0.29, 0.717) is 22.9 Å². The van der Waals surface area contributed by atoms with Gasteiger partial charge in [0.1, 0.15) is 24.1 Å². The van der Waals surface area contributed by atoms with Gasteiger partial charge in [0.2, 0.25) is 11.8 Å². The van der Waals surface area contributed by atoms with Crippen molar-refractivity contribution in [2.75, 3.05) is 31.6 Å². The Morgan fingerprint density at radius 3 is 2.20 bits per heavy atom. The fraction of sp³-hybridized carbons (Fsp3) is 0.257. The van der Waals surface area contributed by atoms with Gasteiger partial charge in [0.25, 0.3) is 10.0 Å². The molecule has 0 bridgehead atoms. The van der Waals surface area contributed by atoms with Crippen molar-refractivity contribution < 1.29 is 27.5 Å². The molecule has 0 fully saturated rings. The number of amides is 2.